The first-order chi connectivity index (χ1) is 8.19. The Hall–Kier alpha value is -0.860. The van der Waals surface area contributed by atoms with Crippen molar-refractivity contribution in [1.82, 2.24) is 0 Å². The topological polar surface area (TPSA) is 29.5 Å². The van der Waals surface area contributed by atoms with Gasteiger partial charge >= 0.3 is 0 Å². The molecule has 1 aliphatic rings. The maximum atomic E-state index is 10.1. The zero-order chi connectivity index (χ0) is 12.3. The van der Waals surface area contributed by atoms with Gasteiger partial charge in [-0.2, -0.15) is 0 Å². The summed E-state index contributed by atoms with van der Waals surface area (Å²) in [6, 6.07) is 8.17. The van der Waals surface area contributed by atoms with Crippen molar-refractivity contribution in [3.63, 3.8) is 0 Å². The molecule has 94 valence electrons. The SMILES string of the molecule is CCOC1CC(CC(O)c2ccc(C)cc2)C1. The lowest BCUT2D eigenvalue weighted by molar-refractivity contribution is -0.0380. The van der Waals surface area contributed by atoms with E-state index in [2.05, 4.69) is 19.1 Å². The van der Waals surface area contributed by atoms with E-state index in [0.29, 0.717) is 12.0 Å². The van der Waals surface area contributed by atoms with Crippen LogP contribution >= 0.6 is 0 Å². The molecule has 1 N–H and O–H groups in total. The monoisotopic (exact) mass is 234 g/mol. The predicted octanol–water partition coefficient (Wildman–Crippen LogP) is 3.23. The normalized spacial score (nSPS) is 25.4. The third-order valence-electron chi connectivity index (χ3n) is 3.61. The van der Waals surface area contributed by atoms with Gasteiger partial charge < -0.3 is 9.84 Å². The average Bonchev–Trinajstić information content (AvgIpc) is 2.27. The number of benzene rings is 1. The van der Waals surface area contributed by atoms with Crippen LogP contribution in [0.4, 0.5) is 0 Å². The number of hydrogen-bond acceptors (Lipinski definition) is 2. The van der Waals surface area contributed by atoms with E-state index >= 15 is 0 Å². The van der Waals surface area contributed by atoms with Crippen molar-refractivity contribution >= 4 is 0 Å². The Morgan fingerprint density at radius 3 is 2.53 bits per heavy atom. The van der Waals surface area contributed by atoms with Gasteiger partial charge in [0.15, 0.2) is 0 Å². The Labute approximate surface area is 104 Å². The summed E-state index contributed by atoms with van der Waals surface area (Å²) < 4.78 is 5.53. The third-order valence-corrected chi connectivity index (χ3v) is 3.61. The molecule has 0 heterocycles. The van der Waals surface area contributed by atoms with Gasteiger partial charge in [-0.05, 0) is 44.6 Å². The van der Waals surface area contributed by atoms with Gasteiger partial charge in [0.1, 0.15) is 0 Å². The molecule has 0 aromatic heterocycles. The smallest absolute Gasteiger partial charge is 0.0792 e. The number of aliphatic hydroxyl groups excluding tert-OH is 1. The largest absolute Gasteiger partial charge is 0.388 e. The van der Waals surface area contributed by atoms with Crippen molar-refractivity contribution in [1.29, 1.82) is 0 Å². The maximum Gasteiger partial charge on any atom is 0.0792 e. The van der Waals surface area contributed by atoms with E-state index in [1.807, 2.05) is 19.1 Å². The first-order valence-corrected chi connectivity index (χ1v) is 6.55. The molecule has 17 heavy (non-hydrogen) atoms. The highest BCUT2D eigenvalue weighted by Crippen LogP contribution is 2.36. The van der Waals surface area contributed by atoms with E-state index < -0.39 is 0 Å². The van der Waals surface area contributed by atoms with Gasteiger partial charge in [-0.1, -0.05) is 29.8 Å². The average molecular weight is 234 g/mol. The zero-order valence-corrected chi connectivity index (χ0v) is 10.7. The minimum atomic E-state index is -0.317. The van der Waals surface area contributed by atoms with Gasteiger partial charge in [0.2, 0.25) is 0 Å². The van der Waals surface area contributed by atoms with Gasteiger partial charge in [-0.25, -0.2) is 0 Å². The van der Waals surface area contributed by atoms with Crippen LogP contribution in [-0.4, -0.2) is 17.8 Å². The molecule has 1 unspecified atom stereocenters. The minimum absolute atomic E-state index is 0.317. The molecule has 1 aromatic carbocycles. The van der Waals surface area contributed by atoms with E-state index in [1.54, 1.807) is 0 Å². The molecule has 1 aromatic rings. The van der Waals surface area contributed by atoms with Crippen LogP contribution in [0.1, 0.15) is 43.4 Å². The first-order valence-electron chi connectivity index (χ1n) is 6.55. The predicted molar refractivity (Wildman–Crippen MR) is 68.9 cm³/mol. The molecule has 2 rings (SSSR count). The number of hydrogen-bond donors (Lipinski definition) is 1. The third kappa shape index (κ3) is 3.30. The summed E-state index contributed by atoms with van der Waals surface area (Å²) in [4.78, 5) is 0. The quantitative estimate of drug-likeness (QED) is 0.847. The van der Waals surface area contributed by atoms with E-state index in [-0.39, 0.29) is 6.10 Å². The summed E-state index contributed by atoms with van der Waals surface area (Å²) in [5.74, 6) is 0.628. The number of aryl methyl sites for hydroxylation is 1. The number of aliphatic hydroxyl groups is 1. The second kappa shape index (κ2) is 5.65. The Morgan fingerprint density at radius 1 is 1.29 bits per heavy atom. The van der Waals surface area contributed by atoms with Crippen LogP contribution in [0.3, 0.4) is 0 Å². The summed E-state index contributed by atoms with van der Waals surface area (Å²) in [5, 5.41) is 10.1. The molecule has 0 aliphatic heterocycles. The summed E-state index contributed by atoms with van der Waals surface area (Å²) in [6.07, 6.45) is 3.21. The van der Waals surface area contributed by atoms with E-state index in [0.717, 1.165) is 31.4 Å². The van der Waals surface area contributed by atoms with E-state index in [1.165, 1.54) is 5.56 Å². The molecule has 1 saturated carbocycles. The molecular formula is C15H22O2. The molecular weight excluding hydrogens is 212 g/mol. The van der Waals surface area contributed by atoms with Crippen molar-refractivity contribution in [3.05, 3.63) is 35.4 Å². The molecule has 1 aliphatic carbocycles. The van der Waals surface area contributed by atoms with Crippen LogP contribution in [0.25, 0.3) is 0 Å². The fourth-order valence-electron chi connectivity index (χ4n) is 2.48. The minimum Gasteiger partial charge on any atom is -0.388 e. The molecule has 2 heteroatoms. The van der Waals surface area contributed by atoms with Gasteiger partial charge in [0.25, 0.3) is 0 Å². The summed E-state index contributed by atoms with van der Waals surface area (Å²) in [5.41, 5.74) is 2.27. The molecule has 0 radical (unpaired) electrons. The van der Waals surface area contributed by atoms with Crippen LogP contribution in [0.15, 0.2) is 24.3 Å². The Kier molecular flexibility index (Phi) is 4.19. The maximum absolute atomic E-state index is 10.1. The van der Waals surface area contributed by atoms with Gasteiger partial charge in [-0.3, -0.25) is 0 Å². The highest BCUT2D eigenvalue weighted by atomic mass is 16.5. The molecule has 0 spiro atoms. The summed E-state index contributed by atoms with van der Waals surface area (Å²) in [6.45, 7) is 4.90. The van der Waals surface area contributed by atoms with Crippen LogP contribution in [0.5, 0.6) is 0 Å². The second-order valence-electron chi connectivity index (χ2n) is 5.08. The van der Waals surface area contributed by atoms with E-state index in [4.69, 9.17) is 4.74 Å². The lowest BCUT2D eigenvalue weighted by Gasteiger charge is -2.36. The number of ether oxygens (including phenoxy) is 1. The molecule has 1 atom stereocenters. The zero-order valence-electron chi connectivity index (χ0n) is 10.7. The first kappa shape index (κ1) is 12.6. The molecule has 0 bridgehead atoms. The van der Waals surface area contributed by atoms with E-state index in [9.17, 15) is 5.11 Å². The molecule has 0 saturated heterocycles. The Balaban J connectivity index is 1.78. The lowest BCUT2D eigenvalue weighted by Crippen LogP contribution is -2.32. The van der Waals surface area contributed by atoms with Crippen molar-refractivity contribution in [3.8, 4) is 0 Å². The summed E-state index contributed by atoms with van der Waals surface area (Å²) in [7, 11) is 0. The lowest BCUT2D eigenvalue weighted by atomic mass is 9.78. The fourth-order valence-corrected chi connectivity index (χ4v) is 2.48. The molecule has 2 nitrogen and oxygen atoms in total. The molecule has 0 amide bonds. The fraction of sp³-hybridized carbons (Fsp3) is 0.600. The van der Waals surface area contributed by atoms with Crippen molar-refractivity contribution in [2.75, 3.05) is 6.61 Å². The second-order valence-corrected chi connectivity index (χ2v) is 5.08. The standard InChI is InChI=1S/C15H22O2/c1-3-17-14-8-12(9-14)10-15(16)13-6-4-11(2)5-7-13/h4-7,12,14-16H,3,8-10H2,1-2H3. The van der Waals surface area contributed by atoms with Crippen molar-refractivity contribution < 1.29 is 9.84 Å². The summed E-state index contributed by atoms with van der Waals surface area (Å²) >= 11 is 0. The van der Waals surface area contributed by atoms with Gasteiger partial charge in [-0.15, -0.1) is 0 Å². The Bertz CT molecular complexity index is 338. The van der Waals surface area contributed by atoms with Gasteiger partial charge in [0, 0.05) is 6.61 Å². The highest BCUT2D eigenvalue weighted by molar-refractivity contribution is 5.23. The van der Waals surface area contributed by atoms with Crippen LogP contribution in [0, 0.1) is 12.8 Å². The van der Waals surface area contributed by atoms with Gasteiger partial charge in [0.05, 0.1) is 12.2 Å². The highest BCUT2D eigenvalue weighted by Gasteiger charge is 2.31. The van der Waals surface area contributed by atoms with Crippen LogP contribution in [-0.2, 0) is 4.74 Å². The Morgan fingerprint density at radius 2 is 1.94 bits per heavy atom. The van der Waals surface area contributed by atoms with Crippen LogP contribution < -0.4 is 0 Å². The number of rotatable bonds is 5. The molecule has 1 fully saturated rings. The van der Waals surface area contributed by atoms with Crippen molar-refractivity contribution in [2.24, 2.45) is 5.92 Å². The van der Waals surface area contributed by atoms with Crippen LogP contribution in [0.2, 0.25) is 0 Å². The van der Waals surface area contributed by atoms with Crippen molar-refractivity contribution in [2.45, 2.75) is 45.3 Å².